The summed E-state index contributed by atoms with van der Waals surface area (Å²) in [7, 11) is 0. The highest BCUT2D eigenvalue weighted by molar-refractivity contribution is 5.92. The number of imidazole rings is 1. The number of aromatic amines is 1. The molecule has 0 saturated carbocycles. The van der Waals surface area contributed by atoms with Crippen LogP contribution in [0.15, 0.2) is 30.5 Å². The van der Waals surface area contributed by atoms with Crippen LogP contribution in [0, 0.1) is 12.8 Å². The summed E-state index contributed by atoms with van der Waals surface area (Å²) in [5.41, 5.74) is 3.78. The van der Waals surface area contributed by atoms with Crippen molar-refractivity contribution in [2.45, 2.75) is 39.7 Å². The number of para-hydroxylation sites is 2. The minimum Gasteiger partial charge on any atom is -0.342 e. The molecule has 2 N–H and O–H groups in total. The van der Waals surface area contributed by atoms with Gasteiger partial charge in [0, 0.05) is 25.7 Å². The number of fused-ring (bicyclic) bond motifs is 1. The molecule has 1 fully saturated rings. The van der Waals surface area contributed by atoms with Gasteiger partial charge in [-0.3, -0.25) is 14.4 Å². The first-order valence-corrected chi connectivity index (χ1v) is 10.1. The Labute approximate surface area is 165 Å². The minimum absolute atomic E-state index is 0.0307. The lowest BCUT2D eigenvalue weighted by atomic mass is 9.94. The molecule has 7 heteroatoms. The molecule has 28 heavy (non-hydrogen) atoms. The molecule has 1 saturated heterocycles. The van der Waals surface area contributed by atoms with E-state index in [2.05, 4.69) is 26.4 Å². The fourth-order valence-electron chi connectivity index (χ4n) is 4.03. The number of hydrogen-bond acceptors (Lipinski definition) is 4. The summed E-state index contributed by atoms with van der Waals surface area (Å²) in [5, 5.41) is 7.40. The van der Waals surface area contributed by atoms with E-state index in [1.54, 1.807) is 0 Å². The van der Waals surface area contributed by atoms with Gasteiger partial charge in [0.1, 0.15) is 5.82 Å². The van der Waals surface area contributed by atoms with Crippen molar-refractivity contribution in [3.63, 3.8) is 0 Å². The fraction of sp³-hybridized carbons (Fsp3) is 0.476. The zero-order valence-corrected chi connectivity index (χ0v) is 16.6. The number of hydrogen-bond donors (Lipinski definition) is 2. The summed E-state index contributed by atoms with van der Waals surface area (Å²) in [5.74, 6) is 1.59. The maximum absolute atomic E-state index is 12.5. The van der Waals surface area contributed by atoms with Gasteiger partial charge in [0.05, 0.1) is 29.0 Å². The Kier molecular flexibility index (Phi) is 5.43. The number of carbonyl (C=O) groups excluding carboxylic acids is 1. The lowest BCUT2D eigenvalue weighted by molar-refractivity contribution is -0.117. The smallest absolute Gasteiger partial charge is 0.238 e. The van der Waals surface area contributed by atoms with Crippen LogP contribution in [0.3, 0.4) is 0 Å². The van der Waals surface area contributed by atoms with Gasteiger partial charge in [-0.15, -0.1) is 0 Å². The number of aromatic nitrogens is 4. The van der Waals surface area contributed by atoms with E-state index in [-0.39, 0.29) is 5.91 Å². The molecule has 1 aliphatic heterocycles. The molecule has 3 aromatic rings. The topological polar surface area (TPSA) is 78.8 Å². The van der Waals surface area contributed by atoms with Gasteiger partial charge in [0.25, 0.3) is 0 Å². The number of anilines is 1. The molecule has 1 aliphatic rings. The molecule has 4 rings (SSSR count). The van der Waals surface area contributed by atoms with E-state index in [4.69, 9.17) is 4.98 Å². The zero-order valence-electron chi connectivity index (χ0n) is 16.6. The van der Waals surface area contributed by atoms with Crippen LogP contribution in [0.2, 0.25) is 0 Å². The third-order valence-corrected chi connectivity index (χ3v) is 5.44. The molecule has 148 valence electrons. The normalized spacial score (nSPS) is 17.9. The predicted octanol–water partition coefficient (Wildman–Crippen LogP) is 2.98. The number of aryl methyl sites for hydroxylation is 2. The number of nitrogens with zero attached hydrogens (tertiary/aromatic N) is 4. The molecule has 1 amide bonds. The van der Waals surface area contributed by atoms with Gasteiger partial charge in [-0.1, -0.05) is 12.1 Å². The van der Waals surface area contributed by atoms with Crippen molar-refractivity contribution in [2.75, 3.05) is 25.0 Å². The maximum Gasteiger partial charge on any atom is 0.238 e. The van der Waals surface area contributed by atoms with E-state index in [0.717, 1.165) is 60.7 Å². The van der Waals surface area contributed by atoms with E-state index in [1.165, 1.54) is 6.42 Å². The number of amides is 1. The molecular weight excluding hydrogens is 352 g/mol. The van der Waals surface area contributed by atoms with Gasteiger partial charge in [0.2, 0.25) is 5.91 Å². The van der Waals surface area contributed by atoms with E-state index in [1.807, 2.05) is 42.9 Å². The van der Waals surface area contributed by atoms with E-state index in [9.17, 15) is 4.79 Å². The molecule has 2 aromatic heterocycles. The van der Waals surface area contributed by atoms with Gasteiger partial charge in [-0.25, -0.2) is 4.98 Å². The maximum atomic E-state index is 12.5. The van der Waals surface area contributed by atoms with Crippen LogP contribution in [0.5, 0.6) is 0 Å². The van der Waals surface area contributed by atoms with E-state index in [0.29, 0.717) is 12.5 Å². The second kappa shape index (κ2) is 8.14. The van der Waals surface area contributed by atoms with Crippen molar-refractivity contribution in [3.8, 4) is 0 Å². The van der Waals surface area contributed by atoms with Crippen molar-refractivity contribution in [3.05, 3.63) is 42.0 Å². The van der Waals surface area contributed by atoms with Crippen molar-refractivity contribution in [2.24, 2.45) is 5.92 Å². The standard InChI is InChI=1S/C21H28N6O/c1-3-27-13-19(15(2)25-27)24-21(28)14-26-10-6-7-16(12-26)11-20-22-17-8-4-5-9-18(17)23-20/h4-5,8-9,13,16H,3,6-7,10-12,14H2,1-2H3,(H,22,23)(H,24,28)/t16-/m1/s1. The van der Waals surface area contributed by atoms with Gasteiger partial charge in [-0.05, 0) is 51.3 Å². The third kappa shape index (κ3) is 4.25. The second-order valence-electron chi connectivity index (χ2n) is 7.68. The summed E-state index contributed by atoms with van der Waals surface area (Å²) in [6.07, 6.45) is 5.12. The Balaban J connectivity index is 1.32. The Morgan fingerprint density at radius 3 is 3.00 bits per heavy atom. The number of benzene rings is 1. The summed E-state index contributed by atoms with van der Waals surface area (Å²) in [4.78, 5) is 22.9. The Bertz CT molecular complexity index is 926. The Morgan fingerprint density at radius 1 is 1.36 bits per heavy atom. The number of nitrogens with one attached hydrogen (secondary N) is 2. The molecule has 0 radical (unpaired) electrons. The highest BCUT2D eigenvalue weighted by atomic mass is 16.2. The summed E-state index contributed by atoms with van der Waals surface area (Å²) >= 11 is 0. The van der Waals surface area contributed by atoms with Crippen LogP contribution in [0.1, 0.15) is 31.3 Å². The van der Waals surface area contributed by atoms with Crippen LogP contribution >= 0.6 is 0 Å². The first kappa shape index (κ1) is 18.7. The molecule has 3 heterocycles. The first-order chi connectivity index (χ1) is 13.6. The molecule has 0 unspecified atom stereocenters. The van der Waals surface area contributed by atoms with Crippen LogP contribution in [0.4, 0.5) is 5.69 Å². The van der Waals surface area contributed by atoms with Crippen LogP contribution in [-0.2, 0) is 17.8 Å². The Hall–Kier alpha value is -2.67. The zero-order chi connectivity index (χ0) is 19.5. The molecule has 0 aliphatic carbocycles. The average Bonchev–Trinajstić information content (AvgIpc) is 3.24. The van der Waals surface area contributed by atoms with Crippen molar-refractivity contribution in [1.82, 2.24) is 24.6 Å². The molecule has 1 aromatic carbocycles. The molecular formula is C21H28N6O. The summed E-state index contributed by atoms with van der Waals surface area (Å²) in [6, 6.07) is 8.14. The largest absolute Gasteiger partial charge is 0.342 e. The molecule has 7 nitrogen and oxygen atoms in total. The highest BCUT2D eigenvalue weighted by Gasteiger charge is 2.23. The number of carbonyl (C=O) groups is 1. The Morgan fingerprint density at radius 2 is 2.21 bits per heavy atom. The van der Waals surface area contributed by atoms with Crippen molar-refractivity contribution in [1.29, 1.82) is 0 Å². The van der Waals surface area contributed by atoms with Gasteiger partial charge in [0.15, 0.2) is 0 Å². The van der Waals surface area contributed by atoms with Crippen LogP contribution in [-0.4, -0.2) is 50.2 Å². The fourth-order valence-corrected chi connectivity index (χ4v) is 4.03. The van der Waals surface area contributed by atoms with Gasteiger partial charge >= 0.3 is 0 Å². The van der Waals surface area contributed by atoms with Gasteiger partial charge < -0.3 is 10.3 Å². The first-order valence-electron chi connectivity index (χ1n) is 10.1. The lowest BCUT2D eigenvalue weighted by Crippen LogP contribution is -2.41. The second-order valence-corrected chi connectivity index (χ2v) is 7.68. The summed E-state index contributed by atoms with van der Waals surface area (Å²) in [6.45, 7) is 7.08. The summed E-state index contributed by atoms with van der Waals surface area (Å²) < 4.78 is 1.84. The van der Waals surface area contributed by atoms with Crippen LogP contribution < -0.4 is 5.32 Å². The molecule has 1 atom stereocenters. The average molecular weight is 380 g/mol. The van der Waals surface area contributed by atoms with Gasteiger partial charge in [-0.2, -0.15) is 5.10 Å². The third-order valence-electron chi connectivity index (χ3n) is 5.44. The quantitative estimate of drug-likeness (QED) is 0.689. The minimum atomic E-state index is 0.0307. The lowest BCUT2D eigenvalue weighted by Gasteiger charge is -2.31. The number of H-pyrrole nitrogens is 1. The van der Waals surface area contributed by atoms with E-state index >= 15 is 0 Å². The SMILES string of the molecule is CCn1cc(NC(=O)CN2CCC[C@H](Cc3nc4ccccc4[nH]3)C2)c(C)n1. The number of piperidine rings is 1. The van der Waals surface area contributed by atoms with E-state index < -0.39 is 0 Å². The van der Waals surface area contributed by atoms with Crippen LogP contribution in [0.25, 0.3) is 11.0 Å². The number of rotatable bonds is 6. The number of likely N-dealkylation sites (tertiary alicyclic amines) is 1. The highest BCUT2D eigenvalue weighted by Crippen LogP contribution is 2.21. The predicted molar refractivity (Wildman–Crippen MR) is 110 cm³/mol. The monoisotopic (exact) mass is 380 g/mol. The van der Waals surface area contributed by atoms with Crippen molar-refractivity contribution < 1.29 is 4.79 Å². The molecule has 0 bridgehead atoms. The van der Waals surface area contributed by atoms with Crippen molar-refractivity contribution >= 4 is 22.6 Å². The molecule has 0 spiro atoms.